The zero-order valence-corrected chi connectivity index (χ0v) is 10.1. The predicted octanol–water partition coefficient (Wildman–Crippen LogP) is 3.09. The van der Waals surface area contributed by atoms with Gasteiger partial charge in [0, 0.05) is 12.3 Å². The van der Waals surface area contributed by atoms with Crippen LogP contribution in [0.15, 0.2) is 0 Å². The summed E-state index contributed by atoms with van der Waals surface area (Å²) >= 11 is 0. The van der Waals surface area contributed by atoms with Gasteiger partial charge in [-0.1, -0.05) is 19.8 Å². The molecule has 2 fully saturated rings. The lowest BCUT2D eigenvalue weighted by Gasteiger charge is -2.40. The van der Waals surface area contributed by atoms with E-state index in [0.29, 0.717) is 19.4 Å². The Morgan fingerprint density at radius 2 is 2.24 bits per heavy atom. The highest BCUT2D eigenvalue weighted by Gasteiger charge is 2.53. The van der Waals surface area contributed by atoms with Gasteiger partial charge in [-0.3, -0.25) is 0 Å². The van der Waals surface area contributed by atoms with Crippen LogP contribution in [0.4, 0.5) is 13.6 Å². The number of nitrogens with one attached hydrogen (secondary N) is 1. The lowest BCUT2D eigenvalue weighted by molar-refractivity contribution is -0.137. The fraction of sp³-hybridized carbons (Fsp3) is 0.917. The monoisotopic (exact) mass is 247 g/mol. The largest absolute Gasteiger partial charge is 0.441 e. The number of unbranched alkanes of at least 4 members (excludes halogenated alkanes) is 1. The number of alkyl carbamates (subject to hydrolysis) is 1. The second kappa shape index (κ2) is 4.42. The van der Waals surface area contributed by atoms with Gasteiger partial charge in [0.2, 0.25) is 0 Å². The van der Waals surface area contributed by atoms with Crippen molar-refractivity contribution in [1.29, 1.82) is 0 Å². The number of hydrogen-bond donors (Lipinski definition) is 1. The molecule has 0 radical (unpaired) electrons. The molecule has 1 amide bonds. The number of ether oxygens (including phenoxy) is 1. The van der Waals surface area contributed by atoms with Crippen molar-refractivity contribution in [3.8, 4) is 0 Å². The quantitative estimate of drug-likeness (QED) is 0.832. The molecule has 1 aliphatic carbocycles. The first-order valence-corrected chi connectivity index (χ1v) is 6.32. The molecule has 1 saturated heterocycles. The maximum absolute atomic E-state index is 13.8. The summed E-state index contributed by atoms with van der Waals surface area (Å²) in [5.41, 5.74) is -0.669. The molecule has 5 heteroatoms. The fourth-order valence-electron chi connectivity index (χ4n) is 2.82. The molecule has 17 heavy (non-hydrogen) atoms. The third-order valence-electron chi connectivity index (χ3n) is 3.90. The number of alkyl halides is 2. The van der Waals surface area contributed by atoms with E-state index in [9.17, 15) is 13.6 Å². The van der Waals surface area contributed by atoms with Crippen molar-refractivity contribution in [2.45, 2.75) is 57.0 Å². The minimum atomic E-state index is -2.60. The topological polar surface area (TPSA) is 38.3 Å². The molecular weight excluding hydrogens is 228 g/mol. The average Bonchev–Trinajstić information content (AvgIpc) is 2.63. The summed E-state index contributed by atoms with van der Waals surface area (Å²) in [6.07, 6.45) is 2.15. The number of carbonyl (C=O) groups is 1. The summed E-state index contributed by atoms with van der Waals surface area (Å²) in [4.78, 5) is 11.1. The van der Waals surface area contributed by atoms with Crippen molar-refractivity contribution >= 4 is 6.09 Å². The van der Waals surface area contributed by atoms with E-state index in [1.807, 2.05) is 6.92 Å². The van der Waals surface area contributed by atoms with Crippen LogP contribution in [0, 0.1) is 5.92 Å². The number of carbonyl (C=O) groups excluding carboxylic acids is 1. The van der Waals surface area contributed by atoms with Crippen LogP contribution in [0.1, 0.15) is 45.4 Å². The third-order valence-corrected chi connectivity index (χ3v) is 3.90. The van der Waals surface area contributed by atoms with E-state index in [2.05, 4.69) is 5.32 Å². The van der Waals surface area contributed by atoms with Gasteiger partial charge in [-0.2, -0.15) is 0 Å². The van der Waals surface area contributed by atoms with Gasteiger partial charge in [-0.05, 0) is 19.3 Å². The van der Waals surface area contributed by atoms with Crippen LogP contribution in [0.3, 0.4) is 0 Å². The number of rotatable bonds is 3. The molecule has 3 nitrogen and oxygen atoms in total. The Labute approximate surface area is 99.9 Å². The Hall–Kier alpha value is -0.870. The number of halogens is 2. The van der Waals surface area contributed by atoms with Crippen LogP contribution in [0.2, 0.25) is 0 Å². The lowest BCUT2D eigenvalue weighted by Crippen LogP contribution is -2.47. The molecular formula is C12H19F2NO2. The van der Waals surface area contributed by atoms with Crippen molar-refractivity contribution in [3.63, 3.8) is 0 Å². The first-order chi connectivity index (χ1) is 7.97. The predicted molar refractivity (Wildman–Crippen MR) is 59.0 cm³/mol. The van der Waals surface area contributed by atoms with E-state index in [4.69, 9.17) is 4.74 Å². The highest BCUT2D eigenvalue weighted by Crippen LogP contribution is 2.47. The van der Waals surface area contributed by atoms with E-state index in [-0.39, 0.29) is 12.8 Å². The van der Waals surface area contributed by atoms with Crippen molar-refractivity contribution < 1.29 is 18.3 Å². The van der Waals surface area contributed by atoms with Crippen LogP contribution in [0.5, 0.6) is 0 Å². The van der Waals surface area contributed by atoms with Gasteiger partial charge < -0.3 is 10.1 Å². The van der Waals surface area contributed by atoms with Crippen molar-refractivity contribution in [2.24, 2.45) is 5.92 Å². The standard InChI is InChI=1S/C12H19F2NO2/c1-2-3-4-9-7-11(5-6-12(9,13)14)8-15-10(16)17-11/h9H,2-8H2,1H3,(H,15,16). The van der Waals surface area contributed by atoms with Crippen molar-refractivity contribution in [2.75, 3.05) is 6.54 Å². The van der Waals surface area contributed by atoms with E-state index in [0.717, 1.165) is 12.8 Å². The van der Waals surface area contributed by atoms with Gasteiger partial charge >= 0.3 is 6.09 Å². The Bertz CT molecular complexity index is 309. The Balaban J connectivity index is 2.04. The normalized spacial score (nSPS) is 35.7. The molecule has 2 rings (SSSR count). The Morgan fingerprint density at radius 1 is 1.47 bits per heavy atom. The van der Waals surface area contributed by atoms with E-state index in [1.165, 1.54) is 0 Å². The molecule has 0 aromatic heterocycles. The molecule has 1 heterocycles. The first-order valence-electron chi connectivity index (χ1n) is 6.32. The maximum atomic E-state index is 13.8. The van der Waals surface area contributed by atoms with Crippen LogP contribution in [-0.4, -0.2) is 24.2 Å². The zero-order chi connectivity index (χ0) is 12.5. The molecule has 1 spiro atoms. The van der Waals surface area contributed by atoms with Crippen LogP contribution in [-0.2, 0) is 4.74 Å². The Morgan fingerprint density at radius 3 is 2.82 bits per heavy atom. The molecule has 0 aromatic rings. The van der Waals surface area contributed by atoms with Gasteiger partial charge in [0.1, 0.15) is 5.60 Å². The molecule has 2 unspecified atom stereocenters. The SMILES string of the molecule is CCCCC1CC2(CCC1(F)F)CNC(=O)O2. The minimum absolute atomic E-state index is 0.170. The number of hydrogen-bond acceptors (Lipinski definition) is 2. The van der Waals surface area contributed by atoms with Gasteiger partial charge in [0.05, 0.1) is 6.54 Å². The highest BCUT2D eigenvalue weighted by molar-refractivity contribution is 5.70. The van der Waals surface area contributed by atoms with E-state index < -0.39 is 23.5 Å². The van der Waals surface area contributed by atoms with Crippen LogP contribution >= 0.6 is 0 Å². The Kier molecular flexibility index (Phi) is 3.27. The summed E-state index contributed by atoms with van der Waals surface area (Å²) in [6, 6.07) is 0. The van der Waals surface area contributed by atoms with Gasteiger partial charge in [-0.15, -0.1) is 0 Å². The molecule has 1 N–H and O–H groups in total. The smallest absolute Gasteiger partial charge is 0.407 e. The van der Waals surface area contributed by atoms with E-state index >= 15 is 0 Å². The minimum Gasteiger partial charge on any atom is -0.441 e. The summed E-state index contributed by atoms with van der Waals surface area (Å²) in [5, 5.41) is 2.58. The average molecular weight is 247 g/mol. The maximum Gasteiger partial charge on any atom is 0.407 e. The molecule has 98 valence electrons. The number of amides is 1. The summed E-state index contributed by atoms with van der Waals surface area (Å²) in [6.45, 7) is 2.37. The summed E-state index contributed by atoms with van der Waals surface area (Å²) in [5.74, 6) is -3.25. The second-order valence-corrected chi connectivity index (χ2v) is 5.23. The van der Waals surface area contributed by atoms with Crippen molar-refractivity contribution in [1.82, 2.24) is 5.32 Å². The fourth-order valence-corrected chi connectivity index (χ4v) is 2.82. The molecule has 2 atom stereocenters. The molecule has 2 aliphatic rings. The highest BCUT2D eigenvalue weighted by atomic mass is 19.3. The van der Waals surface area contributed by atoms with Crippen LogP contribution in [0.25, 0.3) is 0 Å². The van der Waals surface area contributed by atoms with E-state index in [1.54, 1.807) is 0 Å². The zero-order valence-electron chi connectivity index (χ0n) is 10.1. The third kappa shape index (κ3) is 2.53. The molecule has 1 saturated carbocycles. The second-order valence-electron chi connectivity index (χ2n) is 5.23. The lowest BCUT2D eigenvalue weighted by atomic mass is 9.74. The van der Waals surface area contributed by atoms with Crippen molar-refractivity contribution in [3.05, 3.63) is 0 Å². The van der Waals surface area contributed by atoms with Crippen LogP contribution < -0.4 is 5.32 Å². The molecule has 1 aliphatic heterocycles. The van der Waals surface area contributed by atoms with Gasteiger partial charge in [0.25, 0.3) is 5.92 Å². The molecule has 0 aromatic carbocycles. The molecule has 0 bridgehead atoms. The first kappa shape index (κ1) is 12.6. The van der Waals surface area contributed by atoms with Gasteiger partial charge in [0.15, 0.2) is 0 Å². The van der Waals surface area contributed by atoms with Gasteiger partial charge in [-0.25, -0.2) is 13.6 Å². The summed E-state index contributed by atoms with van der Waals surface area (Å²) < 4.78 is 32.7. The summed E-state index contributed by atoms with van der Waals surface area (Å²) in [7, 11) is 0.